The molecule has 174 valence electrons. The van der Waals surface area contributed by atoms with E-state index in [1.807, 2.05) is 43.3 Å². The molecule has 0 aromatic heterocycles. The number of carboxylic acids is 1. The molecule has 0 heterocycles. The summed E-state index contributed by atoms with van der Waals surface area (Å²) in [6.07, 6.45) is 1.96. The third kappa shape index (κ3) is 5.17. The quantitative estimate of drug-likeness (QED) is 0.424. The number of benzene rings is 3. The fourth-order valence-electron chi connectivity index (χ4n) is 4.43. The van der Waals surface area contributed by atoms with E-state index >= 15 is 0 Å². The van der Waals surface area contributed by atoms with Gasteiger partial charge in [0.1, 0.15) is 5.75 Å². The van der Waals surface area contributed by atoms with Crippen molar-refractivity contribution in [2.45, 2.75) is 26.2 Å². The lowest BCUT2D eigenvalue weighted by Gasteiger charge is -2.14. The van der Waals surface area contributed by atoms with Crippen molar-refractivity contribution in [1.29, 1.82) is 0 Å². The summed E-state index contributed by atoms with van der Waals surface area (Å²) >= 11 is 0. The summed E-state index contributed by atoms with van der Waals surface area (Å²) in [5.41, 5.74) is 3.64. The van der Waals surface area contributed by atoms with Crippen LogP contribution in [0, 0.1) is 11.8 Å². The summed E-state index contributed by atoms with van der Waals surface area (Å²) in [5.74, 6) is -1.49. The van der Waals surface area contributed by atoms with Crippen molar-refractivity contribution < 1.29 is 24.2 Å². The second kappa shape index (κ2) is 10.3. The third-order valence-corrected chi connectivity index (χ3v) is 6.24. The van der Waals surface area contributed by atoms with Gasteiger partial charge in [-0.1, -0.05) is 42.8 Å². The minimum atomic E-state index is -0.887. The average molecular weight is 458 g/mol. The summed E-state index contributed by atoms with van der Waals surface area (Å²) in [7, 11) is 0. The molecule has 0 aliphatic heterocycles. The molecule has 4 rings (SSSR count). The van der Waals surface area contributed by atoms with Gasteiger partial charge in [0.05, 0.1) is 12.5 Å². The summed E-state index contributed by atoms with van der Waals surface area (Å²) in [5, 5.41) is 12.2. The number of aliphatic carboxylic acids is 1. The molecule has 0 spiro atoms. The van der Waals surface area contributed by atoms with E-state index in [0.717, 1.165) is 23.3 Å². The minimum Gasteiger partial charge on any atom is -0.494 e. The molecule has 1 amide bonds. The zero-order chi connectivity index (χ0) is 24.1. The first kappa shape index (κ1) is 23.2. The Morgan fingerprint density at radius 3 is 1.97 bits per heavy atom. The molecule has 3 aromatic carbocycles. The SMILES string of the molecule is CCOc1ccc(C(=O)Nc2ccc(-c3ccc(C(=O)C4CCCC4C(=O)O)cc3)cc2)cc1. The number of anilines is 1. The van der Waals surface area contributed by atoms with E-state index in [4.69, 9.17) is 4.74 Å². The van der Waals surface area contributed by atoms with E-state index in [9.17, 15) is 19.5 Å². The Morgan fingerprint density at radius 2 is 1.38 bits per heavy atom. The lowest BCUT2D eigenvalue weighted by Crippen LogP contribution is -2.25. The molecular weight excluding hydrogens is 430 g/mol. The van der Waals surface area contributed by atoms with Crippen molar-refractivity contribution in [3.8, 4) is 16.9 Å². The summed E-state index contributed by atoms with van der Waals surface area (Å²) in [6.45, 7) is 2.48. The van der Waals surface area contributed by atoms with Gasteiger partial charge in [0.2, 0.25) is 0 Å². The monoisotopic (exact) mass is 457 g/mol. The number of rotatable bonds is 8. The van der Waals surface area contributed by atoms with Crippen molar-refractivity contribution >= 4 is 23.3 Å². The van der Waals surface area contributed by atoms with E-state index in [-0.39, 0.29) is 11.7 Å². The maximum absolute atomic E-state index is 12.8. The number of amides is 1. The zero-order valence-corrected chi connectivity index (χ0v) is 19.0. The molecule has 2 unspecified atom stereocenters. The molecule has 0 bridgehead atoms. The van der Waals surface area contributed by atoms with Crippen LogP contribution in [-0.4, -0.2) is 29.4 Å². The van der Waals surface area contributed by atoms with Crippen molar-refractivity contribution in [2.75, 3.05) is 11.9 Å². The van der Waals surface area contributed by atoms with Gasteiger partial charge < -0.3 is 15.2 Å². The number of ether oxygens (including phenoxy) is 1. The molecule has 1 fully saturated rings. The largest absolute Gasteiger partial charge is 0.494 e. The van der Waals surface area contributed by atoms with Crippen molar-refractivity contribution in [2.24, 2.45) is 11.8 Å². The molecule has 1 aliphatic carbocycles. The minimum absolute atomic E-state index is 0.0937. The van der Waals surface area contributed by atoms with Gasteiger partial charge in [-0.25, -0.2) is 0 Å². The van der Waals surface area contributed by atoms with Crippen LogP contribution in [0.5, 0.6) is 5.75 Å². The van der Waals surface area contributed by atoms with Crippen LogP contribution < -0.4 is 10.1 Å². The Kier molecular flexibility index (Phi) is 7.07. The average Bonchev–Trinajstić information content (AvgIpc) is 3.35. The van der Waals surface area contributed by atoms with Crippen LogP contribution in [0.1, 0.15) is 46.9 Å². The molecule has 6 heteroatoms. The predicted molar refractivity (Wildman–Crippen MR) is 130 cm³/mol. The van der Waals surface area contributed by atoms with Crippen LogP contribution in [0.3, 0.4) is 0 Å². The van der Waals surface area contributed by atoms with Gasteiger partial charge in [-0.15, -0.1) is 0 Å². The lowest BCUT2D eigenvalue weighted by molar-refractivity contribution is -0.142. The molecule has 2 atom stereocenters. The zero-order valence-electron chi connectivity index (χ0n) is 19.0. The van der Waals surface area contributed by atoms with E-state index in [1.54, 1.807) is 36.4 Å². The Hall–Kier alpha value is -3.93. The molecule has 0 radical (unpaired) electrons. The maximum atomic E-state index is 12.8. The summed E-state index contributed by atoms with van der Waals surface area (Å²) < 4.78 is 5.40. The van der Waals surface area contributed by atoms with E-state index in [2.05, 4.69) is 5.32 Å². The molecule has 1 saturated carbocycles. The van der Waals surface area contributed by atoms with Gasteiger partial charge in [0.25, 0.3) is 5.91 Å². The first-order valence-electron chi connectivity index (χ1n) is 11.5. The Balaban J connectivity index is 1.40. The van der Waals surface area contributed by atoms with Crippen LogP contribution in [-0.2, 0) is 4.79 Å². The number of carbonyl (C=O) groups excluding carboxylic acids is 2. The van der Waals surface area contributed by atoms with Crippen molar-refractivity contribution in [3.05, 3.63) is 83.9 Å². The Bertz CT molecular complexity index is 1170. The van der Waals surface area contributed by atoms with Crippen LogP contribution in [0.4, 0.5) is 5.69 Å². The van der Waals surface area contributed by atoms with Crippen LogP contribution >= 0.6 is 0 Å². The van der Waals surface area contributed by atoms with Gasteiger partial charge in [-0.3, -0.25) is 14.4 Å². The summed E-state index contributed by atoms with van der Waals surface area (Å²) in [4.78, 5) is 36.7. The van der Waals surface area contributed by atoms with Crippen molar-refractivity contribution in [3.63, 3.8) is 0 Å². The van der Waals surface area contributed by atoms with Crippen LogP contribution in [0.25, 0.3) is 11.1 Å². The van der Waals surface area contributed by atoms with Crippen LogP contribution in [0.15, 0.2) is 72.8 Å². The number of carboxylic acid groups (broad SMARTS) is 1. The number of nitrogens with one attached hydrogen (secondary N) is 1. The van der Waals surface area contributed by atoms with E-state index in [1.165, 1.54) is 0 Å². The molecule has 0 saturated heterocycles. The fourth-order valence-corrected chi connectivity index (χ4v) is 4.43. The summed E-state index contributed by atoms with van der Waals surface area (Å²) in [6, 6.07) is 21.7. The van der Waals surface area contributed by atoms with Crippen molar-refractivity contribution in [1.82, 2.24) is 0 Å². The second-order valence-corrected chi connectivity index (χ2v) is 8.41. The second-order valence-electron chi connectivity index (χ2n) is 8.41. The highest BCUT2D eigenvalue weighted by Crippen LogP contribution is 2.35. The third-order valence-electron chi connectivity index (χ3n) is 6.24. The number of hydrogen-bond acceptors (Lipinski definition) is 4. The normalized spacial score (nSPS) is 17.2. The van der Waals surface area contributed by atoms with E-state index < -0.39 is 17.8 Å². The highest BCUT2D eigenvalue weighted by molar-refractivity contribution is 6.04. The molecule has 2 N–H and O–H groups in total. The maximum Gasteiger partial charge on any atom is 0.307 e. The number of hydrogen-bond donors (Lipinski definition) is 2. The molecule has 3 aromatic rings. The number of carbonyl (C=O) groups is 3. The van der Waals surface area contributed by atoms with Gasteiger partial charge >= 0.3 is 5.97 Å². The lowest BCUT2D eigenvalue weighted by atomic mass is 9.88. The first-order valence-corrected chi connectivity index (χ1v) is 11.5. The smallest absolute Gasteiger partial charge is 0.307 e. The van der Waals surface area contributed by atoms with Gasteiger partial charge in [-0.05, 0) is 67.3 Å². The Morgan fingerprint density at radius 1 is 0.824 bits per heavy atom. The first-order chi connectivity index (χ1) is 16.5. The van der Waals surface area contributed by atoms with E-state index in [0.29, 0.717) is 36.3 Å². The van der Waals surface area contributed by atoms with Crippen LogP contribution in [0.2, 0.25) is 0 Å². The van der Waals surface area contributed by atoms with Gasteiger partial charge in [-0.2, -0.15) is 0 Å². The van der Waals surface area contributed by atoms with Gasteiger partial charge in [0, 0.05) is 22.7 Å². The molecular formula is C28H27NO5. The molecule has 34 heavy (non-hydrogen) atoms. The topological polar surface area (TPSA) is 92.7 Å². The number of Topliss-reactive ketones (excluding diaryl/α,β-unsaturated/α-hetero) is 1. The highest BCUT2D eigenvalue weighted by Gasteiger charge is 2.37. The Labute approximate surface area is 198 Å². The standard InChI is InChI=1S/C28H27NO5/c1-2-34-23-16-12-21(13-17-23)27(31)29-22-14-10-19(11-15-22)18-6-8-20(9-7-18)26(30)24-4-3-5-25(24)28(32)33/h6-17,24-25H,2-5H2,1H3,(H,29,31)(H,32,33). The fraction of sp³-hybridized carbons (Fsp3) is 0.250. The number of ketones is 1. The highest BCUT2D eigenvalue weighted by atomic mass is 16.5. The molecule has 1 aliphatic rings. The molecule has 6 nitrogen and oxygen atoms in total. The van der Waals surface area contributed by atoms with Gasteiger partial charge in [0.15, 0.2) is 5.78 Å². The predicted octanol–water partition coefficient (Wildman–Crippen LogP) is 5.69.